The molecule has 4 rings (SSSR count). The smallest absolute Gasteiger partial charge is 0.321 e. The summed E-state index contributed by atoms with van der Waals surface area (Å²) in [7, 11) is 0. The molecule has 2 amide bonds. The van der Waals surface area contributed by atoms with Crippen LogP contribution in [0.4, 0.5) is 16.2 Å². The van der Waals surface area contributed by atoms with E-state index in [0.717, 1.165) is 48.6 Å². The predicted molar refractivity (Wildman–Crippen MR) is 144 cm³/mol. The fraction of sp³-hybridized carbons (Fsp3) is 0.200. The molecule has 7 nitrogen and oxygen atoms in total. The summed E-state index contributed by atoms with van der Waals surface area (Å²) in [5.74, 6) is 1.77. The third-order valence-electron chi connectivity index (χ3n) is 5.09. The van der Waals surface area contributed by atoms with Crippen LogP contribution in [0, 0.1) is 0 Å². The van der Waals surface area contributed by atoms with Crippen molar-refractivity contribution in [1.29, 1.82) is 0 Å². The van der Waals surface area contributed by atoms with Gasteiger partial charge in [0.2, 0.25) is 0 Å². The van der Waals surface area contributed by atoms with Crippen LogP contribution in [0.2, 0.25) is 0 Å². The molecule has 4 N–H and O–H groups in total. The van der Waals surface area contributed by atoms with Gasteiger partial charge < -0.3 is 26.0 Å². The minimum atomic E-state index is -0.0538. The van der Waals surface area contributed by atoms with Crippen LogP contribution in [0.5, 0.6) is 11.5 Å². The number of para-hydroxylation sites is 1. The molecule has 0 unspecified atom stereocenters. The number of anilines is 2. The molecule has 1 saturated heterocycles. The Morgan fingerprint density at radius 1 is 0.879 bits per heavy atom. The highest BCUT2D eigenvalue weighted by atomic mass is 127. The van der Waals surface area contributed by atoms with Crippen LogP contribution in [-0.4, -0.2) is 30.0 Å². The van der Waals surface area contributed by atoms with E-state index in [4.69, 9.17) is 10.5 Å². The highest BCUT2D eigenvalue weighted by molar-refractivity contribution is 14.0. The van der Waals surface area contributed by atoms with E-state index < -0.39 is 0 Å². The number of urea groups is 1. The number of hydrogen-bond donors (Lipinski definition) is 3. The molecule has 0 radical (unpaired) electrons. The molecular weight excluding hydrogens is 529 g/mol. The maximum Gasteiger partial charge on any atom is 0.321 e. The highest BCUT2D eigenvalue weighted by Gasteiger charge is 2.17. The van der Waals surface area contributed by atoms with Crippen LogP contribution in [0.15, 0.2) is 83.9 Å². The second-order valence-corrected chi connectivity index (χ2v) is 7.59. The quantitative estimate of drug-likeness (QED) is 0.208. The summed E-state index contributed by atoms with van der Waals surface area (Å²) in [5, 5.41) is 6.05. The number of nitrogens with two attached hydrogens (primary N) is 1. The van der Waals surface area contributed by atoms with Gasteiger partial charge in [-0.25, -0.2) is 9.79 Å². The lowest BCUT2D eigenvalue weighted by Crippen LogP contribution is -2.32. The summed E-state index contributed by atoms with van der Waals surface area (Å²) in [4.78, 5) is 18.5. The number of aliphatic imine (C=N–C) groups is 1. The molecule has 172 valence electrons. The summed E-state index contributed by atoms with van der Waals surface area (Å²) < 4.78 is 5.85. The molecule has 1 fully saturated rings. The molecule has 1 aliphatic heterocycles. The van der Waals surface area contributed by atoms with Crippen molar-refractivity contribution in [3.63, 3.8) is 0 Å². The second-order valence-electron chi connectivity index (χ2n) is 7.59. The minimum Gasteiger partial charge on any atom is -0.457 e. The Bertz CT molecular complexity index is 1080. The first-order valence-corrected chi connectivity index (χ1v) is 10.7. The van der Waals surface area contributed by atoms with Gasteiger partial charge in [-0.3, -0.25) is 0 Å². The van der Waals surface area contributed by atoms with Crippen molar-refractivity contribution in [3.05, 3.63) is 84.4 Å². The zero-order valence-electron chi connectivity index (χ0n) is 18.2. The molecule has 0 spiro atoms. The van der Waals surface area contributed by atoms with Crippen molar-refractivity contribution in [2.45, 2.75) is 19.4 Å². The maximum absolute atomic E-state index is 12.3. The van der Waals surface area contributed by atoms with E-state index in [1.54, 1.807) is 0 Å². The highest BCUT2D eigenvalue weighted by Crippen LogP contribution is 2.23. The van der Waals surface area contributed by atoms with Gasteiger partial charge in [0.05, 0.1) is 6.54 Å². The van der Waals surface area contributed by atoms with Crippen LogP contribution >= 0.6 is 24.0 Å². The van der Waals surface area contributed by atoms with E-state index in [-0.39, 0.29) is 30.0 Å². The number of amides is 2. The van der Waals surface area contributed by atoms with Gasteiger partial charge in [-0.05, 0) is 54.8 Å². The van der Waals surface area contributed by atoms with E-state index in [0.29, 0.717) is 18.3 Å². The molecular formula is C25H28IN5O2. The van der Waals surface area contributed by atoms with Crippen molar-refractivity contribution >= 4 is 47.3 Å². The maximum atomic E-state index is 12.3. The zero-order valence-corrected chi connectivity index (χ0v) is 20.6. The van der Waals surface area contributed by atoms with Gasteiger partial charge in [0.15, 0.2) is 5.96 Å². The number of nitrogens with zero attached hydrogens (tertiary/aromatic N) is 2. The summed E-state index contributed by atoms with van der Waals surface area (Å²) in [6.45, 7) is 2.03. The van der Waals surface area contributed by atoms with E-state index in [1.165, 1.54) is 0 Å². The van der Waals surface area contributed by atoms with Gasteiger partial charge in [0.25, 0.3) is 0 Å². The molecule has 3 aromatic carbocycles. The lowest BCUT2D eigenvalue weighted by Gasteiger charge is -2.16. The number of halogens is 1. The van der Waals surface area contributed by atoms with E-state index in [1.807, 2.05) is 83.8 Å². The predicted octanol–water partition coefficient (Wildman–Crippen LogP) is 5.65. The summed E-state index contributed by atoms with van der Waals surface area (Å²) >= 11 is 0. The SMILES string of the molecule is I.NC(=NCc1cccc(NC(=O)N2CCCC2)c1)Nc1cccc(Oc2ccccc2)c1. The van der Waals surface area contributed by atoms with Crippen molar-refractivity contribution in [1.82, 2.24) is 4.90 Å². The minimum absolute atomic E-state index is 0. The van der Waals surface area contributed by atoms with Gasteiger partial charge in [-0.2, -0.15) is 0 Å². The van der Waals surface area contributed by atoms with E-state index >= 15 is 0 Å². The van der Waals surface area contributed by atoms with Crippen LogP contribution in [0.1, 0.15) is 18.4 Å². The average Bonchev–Trinajstić information content (AvgIpc) is 3.34. The lowest BCUT2D eigenvalue weighted by molar-refractivity contribution is 0.222. The molecule has 0 atom stereocenters. The van der Waals surface area contributed by atoms with Gasteiger partial charge in [-0.1, -0.05) is 36.4 Å². The Balaban J connectivity index is 0.00000306. The van der Waals surface area contributed by atoms with Crippen molar-refractivity contribution in [2.75, 3.05) is 23.7 Å². The van der Waals surface area contributed by atoms with Crippen LogP contribution in [0.25, 0.3) is 0 Å². The Morgan fingerprint density at radius 2 is 1.55 bits per heavy atom. The Labute approximate surface area is 211 Å². The van der Waals surface area contributed by atoms with E-state index in [9.17, 15) is 4.79 Å². The van der Waals surface area contributed by atoms with Crippen molar-refractivity contribution in [3.8, 4) is 11.5 Å². The Hall–Kier alpha value is -3.27. The summed E-state index contributed by atoms with van der Waals surface area (Å²) in [6, 6.07) is 24.7. The van der Waals surface area contributed by atoms with Crippen LogP contribution in [-0.2, 0) is 6.54 Å². The number of carbonyl (C=O) groups is 1. The van der Waals surface area contributed by atoms with Gasteiger partial charge >= 0.3 is 6.03 Å². The molecule has 8 heteroatoms. The number of ether oxygens (including phenoxy) is 1. The molecule has 0 aromatic heterocycles. The lowest BCUT2D eigenvalue weighted by atomic mass is 10.2. The third kappa shape index (κ3) is 7.38. The van der Waals surface area contributed by atoms with Gasteiger partial charge in [0, 0.05) is 30.5 Å². The monoisotopic (exact) mass is 557 g/mol. The molecule has 1 heterocycles. The fourth-order valence-electron chi connectivity index (χ4n) is 3.50. The average molecular weight is 557 g/mol. The summed E-state index contributed by atoms with van der Waals surface area (Å²) in [6.07, 6.45) is 2.13. The number of carbonyl (C=O) groups excluding carboxylic acids is 1. The third-order valence-corrected chi connectivity index (χ3v) is 5.09. The zero-order chi connectivity index (χ0) is 22.2. The molecule has 1 aliphatic rings. The molecule has 3 aromatic rings. The standard InChI is InChI=1S/C25H27N5O2.HI/c26-24(28-21-10-7-13-23(17-21)32-22-11-2-1-3-12-22)27-18-19-8-6-9-20(16-19)29-25(31)30-14-4-5-15-30;/h1-3,6-13,16-17H,4-5,14-15,18H2,(H,29,31)(H3,26,27,28);1H. The number of rotatable bonds is 6. The van der Waals surface area contributed by atoms with Crippen molar-refractivity contribution in [2.24, 2.45) is 10.7 Å². The van der Waals surface area contributed by atoms with Gasteiger partial charge in [0.1, 0.15) is 11.5 Å². The normalized spacial score (nSPS) is 13.2. The van der Waals surface area contributed by atoms with Gasteiger partial charge in [-0.15, -0.1) is 24.0 Å². The molecule has 33 heavy (non-hydrogen) atoms. The number of hydrogen-bond acceptors (Lipinski definition) is 3. The number of guanidine groups is 1. The molecule has 0 saturated carbocycles. The van der Waals surface area contributed by atoms with Crippen LogP contribution in [0.3, 0.4) is 0 Å². The Morgan fingerprint density at radius 3 is 2.30 bits per heavy atom. The number of likely N-dealkylation sites (tertiary alicyclic amines) is 1. The first-order valence-electron chi connectivity index (χ1n) is 10.7. The number of benzene rings is 3. The second kappa shape index (κ2) is 12.1. The fourth-order valence-corrected chi connectivity index (χ4v) is 3.50. The number of nitrogens with one attached hydrogen (secondary N) is 2. The van der Waals surface area contributed by atoms with Crippen LogP contribution < -0.4 is 21.1 Å². The molecule has 0 aliphatic carbocycles. The molecule has 0 bridgehead atoms. The first-order chi connectivity index (χ1) is 15.7. The van der Waals surface area contributed by atoms with E-state index in [2.05, 4.69) is 15.6 Å². The first kappa shape index (κ1) is 24.4. The Kier molecular flexibility index (Phi) is 8.94. The topological polar surface area (TPSA) is 92.0 Å². The van der Waals surface area contributed by atoms with Crippen molar-refractivity contribution < 1.29 is 9.53 Å². The summed E-state index contributed by atoms with van der Waals surface area (Å²) in [5.41, 5.74) is 8.57. The largest absolute Gasteiger partial charge is 0.457 e.